The van der Waals surface area contributed by atoms with Crippen LogP contribution in [0.15, 0.2) is 47.4 Å². The van der Waals surface area contributed by atoms with Crippen LogP contribution in [-0.2, 0) is 10.0 Å². The summed E-state index contributed by atoms with van der Waals surface area (Å²) < 4.78 is 33.1. The summed E-state index contributed by atoms with van der Waals surface area (Å²) in [5, 5.41) is 0. The molecule has 21 heavy (non-hydrogen) atoms. The van der Waals surface area contributed by atoms with Crippen LogP contribution >= 0.6 is 22.6 Å². The molecule has 0 spiro atoms. The van der Waals surface area contributed by atoms with Crippen molar-refractivity contribution in [1.82, 2.24) is 0 Å². The van der Waals surface area contributed by atoms with Gasteiger partial charge in [-0.1, -0.05) is 18.2 Å². The van der Waals surface area contributed by atoms with Gasteiger partial charge in [0.25, 0.3) is 10.0 Å². The fraction of sp³-hybridized carbons (Fsp3) is 0.0714. The summed E-state index contributed by atoms with van der Waals surface area (Å²) in [5.74, 6) is 0.286. The summed E-state index contributed by atoms with van der Waals surface area (Å²) in [6, 6.07) is 11.3. The highest BCUT2D eigenvalue weighted by molar-refractivity contribution is 14.1. The molecule has 0 heterocycles. The number of halogens is 1. The summed E-state index contributed by atoms with van der Waals surface area (Å²) >= 11 is 1.94. The van der Waals surface area contributed by atoms with Crippen molar-refractivity contribution in [2.75, 3.05) is 11.8 Å². The molecule has 0 aliphatic rings. The highest BCUT2D eigenvalue weighted by Gasteiger charge is 2.20. The van der Waals surface area contributed by atoms with Gasteiger partial charge in [0, 0.05) is 9.13 Å². The van der Waals surface area contributed by atoms with Gasteiger partial charge in [-0.3, -0.25) is 9.52 Å². The number of rotatable bonds is 5. The van der Waals surface area contributed by atoms with Crippen molar-refractivity contribution in [1.29, 1.82) is 0 Å². The summed E-state index contributed by atoms with van der Waals surface area (Å²) in [7, 11) is -2.39. The Labute approximate surface area is 136 Å². The largest absolute Gasteiger partial charge is 0.495 e. The van der Waals surface area contributed by atoms with Gasteiger partial charge in [0.2, 0.25) is 0 Å². The van der Waals surface area contributed by atoms with E-state index in [9.17, 15) is 13.2 Å². The molecule has 110 valence electrons. The first-order valence-electron chi connectivity index (χ1n) is 5.89. The van der Waals surface area contributed by atoms with Crippen molar-refractivity contribution < 1.29 is 17.9 Å². The SMILES string of the molecule is COc1cccc(C=O)c1NS(=O)(=O)c1ccccc1I. The van der Waals surface area contributed by atoms with Crippen molar-refractivity contribution in [3.8, 4) is 5.75 Å². The minimum Gasteiger partial charge on any atom is -0.495 e. The van der Waals surface area contributed by atoms with Crippen molar-refractivity contribution in [2.45, 2.75) is 4.90 Å². The Hall–Kier alpha value is -1.61. The standard InChI is InChI=1S/C14H12INO4S/c1-20-12-7-4-5-10(9-17)14(12)16-21(18,19)13-8-3-2-6-11(13)15/h2-9,16H,1H3. The van der Waals surface area contributed by atoms with Crippen LogP contribution < -0.4 is 9.46 Å². The Kier molecular flexibility index (Phi) is 4.84. The molecule has 2 aromatic carbocycles. The Morgan fingerprint density at radius 1 is 1.14 bits per heavy atom. The molecule has 0 aliphatic heterocycles. The third-order valence-electron chi connectivity index (χ3n) is 2.77. The third-order valence-corrected chi connectivity index (χ3v) is 5.48. The van der Waals surface area contributed by atoms with Gasteiger partial charge < -0.3 is 4.74 Å². The van der Waals surface area contributed by atoms with E-state index >= 15 is 0 Å². The maximum Gasteiger partial charge on any atom is 0.263 e. The zero-order valence-corrected chi connectivity index (χ0v) is 14.0. The Balaban J connectivity index is 2.52. The molecule has 0 radical (unpaired) electrons. The molecule has 7 heteroatoms. The van der Waals surface area contributed by atoms with E-state index in [0.717, 1.165) is 0 Å². The highest BCUT2D eigenvalue weighted by atomic mass is 127. The van der Waals surface area contributed by atoms with Gasteiger partial charge in [-0.15, -0.1) is 0 Å². The number of carbonyl (C=O) groups excluding carboxylic acids is 1. The second-order valence-electron chi connectivity index (χ2n) is 4.08. The molecular weight excluding hydrogens is 405 g/mol. The van der Waals surface area contributed by atoms with Crippen LogP contribution in [0.4, 0.5) is 5.69 Å². The first-order valence-corrected chi connectivity index (χ1v) is 8.45. The molecule has 0 bridgehead atoms. The van der Waals surface area contributed by atoms with Crippen molar-refractivity contribution in [3.63, 3.8) is 0 Å². The summed E-state index contributed by atoms with van der Waals surface area (Å²) in [6.45, 7) is 0. The van der Waals surface area contributed by atoms with Crippen LogP contribution in [0.2, 0.25) is 0 Å². The van der Waals surface area contributed by atoms with E-state index in [0.29, 0.717) is 9.86 Å². The number of hydrogen-bond acceptors (Lipinski definition) is 4. The molecule has 0 fully saturated rings. The van der Waals surface area contributed by atoms with Gasteiger partial charge in [0.05, 0.1) is 7.11 Å². The third kappa shape index (κ3) is 3.35. The molecule has 5 nitrogen and oxygen atoms in total. The average Bonchev–Trinajstić information content (AvgIpc) is 2.47. The number of para-hydroxylation sites is 1. The Bertz CT molecular complexity index is 774. The number of carbonyl (C=O) groups is 1. The lowest BCUT2D eigenvalue weighted by Crippen LogP contribution is -2.16. The Morgan fingerprint density at radius 2 is 1.86 bits per heavy atom. The zero-order chi connectivity index (χ0) is 15.5. The van der Waals surface area contributed by atoms with Crippen molar-refractivity contribution >= 4 is 44.6 Å². The van der Waals surface area contributed by atoms with E-state index in [-0.39, 0.29) is 21.9 Å². The van der Waals surface area contributed by atoms with E-state index in [4.69, 9.17) is 4.74 Å². The van der Waals surface area contributed by atoms with Gasteiger partial charge in [-0.25, -0.2) is 8.42 Å². The number of methoxy groups -OCH3 is 1. The van der Waals surface area contributed by atoms with Crippen LogP contribution in [-0.4, -0.2) is 21.8 Å². The number of aldehydes is 1. The van der Waals surface area contributed by atoms with E-state index in [1.165, 1.54) is 19.2 Å². The number of sulfonamides is 1. The lowest BCUT2D eigenvalue weighted by molar-refractivity contribution is 0.112. The van der Waals surface area contributed by atoms with Gasteiger partial charge in [0.1, 0.15) is 16.3 Å². The van der Waals surface area contributed by atoms with E-state index in [1.54, 1.807) is 30.3 Å². The van der Waals surface area contributed by atoms with Crippen LogP contribution in [0, 0.1) is 3.57 Å². The lowest BCUT2D eigenvalue weighted by atomic mass is 10.2. The molecular formula is C14H12INO4S. The molecule has 0 aromatic heterocycles. The highest BCUT2D eigenvalue weighted by Crippen LogP contribution is 2.30. The molecule has 2 rings (SSSR count). The molecule has 0 amide bonds. The minimum atomic E-state index is -3.81. The van der Waals surface area contributed by atoms with Crippen molar-refractivity contribution in [2.24, 2.45) is 0 Å². The molecule has 0 unspecified atom stereocenters. The Morgan fingerprint density at radius 3 is 2.48 bits per heavy atom. The summed E-state index contributed by atoms with van der Waals surface area (Å²) in [6.07, 6.45) is 0.580. The predicted octanol–water partition coefficient (Wildman–Crippen LogP) is 2.91. The van der Waals surface area contributed by atoms with Crippen LogP contribution in [0.1, 0.15) is 10.4 Å². The zero-order valence-electron chi connectivity index (χ0n) is 11.0. The lowest BCUT2D eigenvalue weighted by Gasteiger charge is -2.14. The van der Waals surface area contributed by atoms with E-state index in [1.807, 2.05) is 22.6 Å². The minimum absolute atomic E-state index is 0.134. The number of anilines is 1. The van der Waals surface area contributed by atoms with Crippen LogP contribution in [0.3, 0.4) is 0 Å². The fourth-order valence-corrected chi connectivity index (χ4v) is 4.21. The van der Waals surface area contributed by atoms with E-state index in [2.05, 4.69) is 4.72 Å². The molecule has 0 aliphatic carbocycles. The number of benzene rings is 2. The summed E-state index contributed by atoms with van der Waals surface area (Å²) in [5.41, 5.74) is 0.346. The molecule has 0 saturated carbocycles. The first kappa shape index (κ1) is 15.8. The van der Waals surface area contributed by atoms with E-state index < -0.39 is 10.0 Å². The molecule has 1 N–H and O–H groups in total. The topological polar surface area (TPSA) is 72.5 Å². The number of nitrogens with one attached hydrogen (secondary N) is 1. The maximum absolute atomic E-state index is 12.5. The quantitative estimate of drug-likeness (QED) is 0.600. The predicted molar refractivity (Wildman–Crippen MR) is 88.3 cm³/mol. The van der Waals surface area contributed by atoms with Gasteiger partial charge >= 0.3 is 0 Å². The van der Waals surface area contributed by atoms with Crippen LogP contribution in [0.25, 0.3) is 0 Å². The monoisotopic (exact) mass is 417 g/mol. The number of ether oxygens (including phenoxy) is 1. The molecule has 0 saturated heterocycles. The molecule has 0 atom stereocenters. The smallest absolute Gasteiger partial charge is 0.263 e. The summed E-state index contributed by atoms with van der Waals surface area (Å²) in [4.78, 5) is 11.2. The van der Waals surface area contributed by atoms with Gasteiger partial charge in [-0.05, 0) is 46.9 Å². The average molecular weight is 417 g/mol. The molecule has 2 aromatic rings. The second kappa shape index (κ2) is 6.44. The van der Waals surface area contributed by atoms with Crippen molar-refractivity contribution in [3.05, 3.63) is 51.6 Å². The normalized spacial score (nSPS) is 11.0. The number of hydrogen-bond donors (Lipinski definition) is 1. The first-order chi connectivity index (χ1) is 9.99. The fourth-order valence-electron chi connectivity index (χ4n) is 1.78. The van der Waals surface area contributed by atoms with Gasteiger partial charge in [0.15, 0.2) is 6.29 Å². The van der Waals surface area contributed by atoms with Crippen LogP contribution in [0.5, 0.6) is 5.75 Å². The van der Waals surface area contributed by atoms with Gasteiger partial charge in [-0.2, -0.15) is 0 Å². The maximum atomic E-state index is 12.5. The second-order valence-corrected chi connectivity index (χ2v) is 6.89.